The molecule has 0 bridgehead atoms. The van der Waals surface area contributed by atoms with Crippen LogP contribution in [0.25, 0.3) is 0 Å². The van der Waals surface area contributed by atoms with E-state index in [1.807, 2.05) is 41.5 Å². The molecule has 5 nitrogen and oxygen atoms in total. The summed E-state index contributed by atoms with van der Waals surface area (Å²) in [6.07, 6.45) is 1.20. The summed E-state index contributed by atoms with van der Waals surface area (Å²) >= 11 is 0. The normalized spacial score (nSPS) is 25.9. The fourth-order valence-electron chi connectivity index (χ4n) is 2.33. The predicted molar refractivity (Wildman–Crippen MR) is 71.4 cm³/mol. The lowest BCUT2D eigenvalue weighted by molar-refractivity contribution is -0.0756. The first kappa shape index (κ1) is 15.7. The summed E-state index contributed by atoms with van der Waals surface area (Å²) in [6, 6.07) is -0.216. The van der Waals surface area contributed by atoms with Gasteiger partial charge in [0.2, 0.25) is 0 Å². The number of hydrogen-bond donors (Lipinski definition) is 0. The Balaban J connectivity index is 2.96. The molecule has 108 valence electrons. The first-order valence-corrected chi connectivity index (χ1v) is 6.48. The van der Waals surface area contributed by atoms with E-state index in [1.165, 1.54) is 6.08 Å². The van der Waals surface area contributed by atoms with Gasteiger partial charge in [-0.15, -0.1) is 0 Å². The molecule has 5 heteroatoms. The zero-order valence-corrected chi connectivity index (χ0v) is 12.5. The number of ether oxygens (including phenoxy) is 2. The molecule has 0 unspecified atom stereocenters. The van der Waals surface area contributed by atoms with Crippen LogP contribution in [-0.2, 0) is 14.3 Å². The second-order valence-electron chi connectivity index (χ2n) is 6.25. The quantitative estimate of drug-likeness (QED) is 0.723. The zero-order valence-electron chi connectivity index (χ0n) is 12.5. The average molecular weight is 269 g/mol. The second kappa shape index (κ2) is 5.35. The molecule has 19 heavy (non-hydrogen) atoms. The van der Waals surface area contributed by atoms with Crippen molar-refractivity contribution in [2.45, 2.75) is 71.4 Å². The molecular formula is C14H23NO4. The molecule has 0 aromatic heterocycles. The Morgan fingerprint density at radius 2 is 2.05 bits per heavy atom. The van der Waals surface area contributed by atoms with E-state index in [1.54, 1.807) is 10.8 Å². The van der Waals surface area contributed by atoms with Gasteiger partial charge in [-0.05, 0) is 48.0 Å². The lowest BCUT2D eigenvalue weighted by Crippen LogP contribution is -2.50. The third-order valence-corrected chi connectivity index (χ3v) is 2.96. The van der Waals surface area contributed by atoms with Crippen molar-refractivity contribution in [1.29, 1.82) is 0 Å². The second-order valence-corrected chi connectivity index (χ2v) is 6.25. The molecule has 1 fully saturated rings. The molecule has 0 aliphatic carbocycles. The van der Waals surface area contributed by atoms with Crippen molar-refractivity contribution in [3.63, 3.8) is 0 Å². The summed E-state index contributed by atoms with van der Waals surface area (Å²) in [5, 5.41) is 0. The van der Waals surface area contributed by atoms with Crippen LogP contribution in [-0.4, -0.2) is 40.4 Å². The van der Waals surface area contributed by atoms with Gasteiger partial charge in [-0.1, -0.05) is 0 Å². The highest BCUT2D eigenvalue weighted by atomic mass is 16.6. The van der Waals surface area contributed by atoms with Crippen molar-refractivity contribution in [3.8, 4) is 0 Å². The molecule has 2 atom stereocenters. The van der Waals surface area contributed by atoms with Gasteiger partial charge in [-0.3, -0.25) is 4.90 Å². The minimum Gasteiger partial charge on any atom is -0.444 e. The largest absolute Gasteiger partial charge is 0.444 e. The predicted octanol–water partition coefficient (Wildman–Crippen LogP) is 2.52. The number of carbonyl (C=O) groups is 1. The first-order valence-electron chi connectivity index (χ1n) is 6.48. The Morgan fingerprint density at radius 1 is 1.47 bits per heavy atom. The van der Waals surface area contributed by atoms with Crippen LogP contribution in [0.1, 0.15) is 48.0 Å². The molecule has 1 aliphatic rings. The highest BCUT2D eigenvalue weighted by Crippen LogP contribution is 2.34. The fourth-order valence-corrected chi connectivity index (χ4v) is 2.33. The van der Waals surface area contributed by atoms with Gasteiger partial charge in [0.15, 0.2) is 0 Å². The SMILES string of the molecule is C[C@H]1OC(C)(C)N(C(=O)OC(C)(C)C)[C@@H]1CC=C=O. The Hall–Kier alpha value is -1.32. The van der Waals surface area contributed by atoms with Gasteiger partial charge in [0, 0.05) is 6.08 Å². The Kier molecular flexibility index (Phi) is 4.43. The number of carbonyl (C=O) groups excluding carboxylic acids is 2. The Labute approximate surface area is 114 Å². The van der Waals surface area contributed by atoms with Crippen LogP contribution < -0.4 is 0 Å². The minimum atomic E-state index is -0.747. The van der Waals surface area contributed by atoms with Crippen molar-refractivity contribution < 1.29 is 19.1 Å². The van der Waals surface area contributed by atoms with E-state index in [0.29, 0.717) is 6.42 Å². The van der Waals surface area contributed by atoms with Crippen LogP contribution in [0.2, 0.25) is 0 Å². The maximum absolute atomic E-state index is 12.3. The summed E-state index contributed by atoms with van der Waals surface area (Å²) in [6.45, 7) is 11.0. The van der Waals surface area contributed by atoms with Crippen molar-refractivity contribution >= 4 is 12.0 Å². The van der Waals surface area contributed by atoms with Gasteiger partial charge < -0.3 is 9.47 Å². The van der Waals surface area contributed by atoms with Gasteiger partial charge in [0.25, 0.3) is 0 Å². The van der Waals surface area contributed by atoms with Crippen LogP contribution in [0.15, 0.2) is 6.08 Å². The molecular weight excluding hydrogens is 246 g/mol. The molecule has 1 heterocycles. The number of rotatable bonds is 2. The Morgan fingerprint density at radius 3 is 2.53 bits per heavy atom. The highest BCUT2D eigenvalue weighted by molar-refractivity contribution is 5.70. The van der Waals surface area contributed by atoms with Gasteiger partial charge in [-0.2, -0.15) is 0 Å². The molecule has 1 rings (SSSR count). The van der Waals surface area contributed by atoms with E-state index in [-0.39, 0.29) is 12.1 Å². The maximum Gasteiger partial charge on any atom is 0.412 e. The third kappa shape index (κ3) is 3.82. The van der Waals surface area contributed by atoms with E-state index in [4.69, 9.17) is 9.47 Å². The van der Waals surface area contributed by atoms with Gasteiger partial charge in [0.05, 0.1) is 12.1 Å². The monoisotopic (exact) mass is 269 g/mol. The molecule has 0 N–H and O–H groups in total. The summed E-state index contributed by atoms with van der Waals surface area (Å²) in [5.74, 6) is 1.74. The zero-order chi connectivity index (χ0) is 14.8. The van der Waals surface area contributed by atoms with Crippen molar-refractivity contribution in [2.24, 2.45) is 0 Å². The van der Waals surface area contributed by atoms with Crippen LogP contribution in [0.5, 0.6) is 0 Å². The molecule has 0 spiro atoms. The number of nitrogens with zero attached hydrogens (tertiary/aromatic N) is 1. The minimum absolute atomic E-state index is 0.160. The van der Waals surface area contributed by atoms with Crippen molar-refractivity contribution in [2.75, 3.05) is 0 Å². The van der Waals surface area contributed by atoms with Crippen LogP contribution in [0, 0.1) is 0 Å². The number of hydrogen-bond acceptors (Lipinski definition) is 4. The number of amides is 1. The molecule has 0 aromatic rings. The van der Waals surface area contributed by atoms with E-state index in [0.717, 1.165) is 0 Å². The first-order chi connectivity index (χ1) is 8.58. The molecule has 0 radical (unpaired) electrons. The summed E-state index contributed by atoms with van der Waals surface area (Å²) in [7, 11) is 0. The van der Waals surface area contributed by atoms with Crippen LogP contribution in [0.3, 0.4) is 0 Å². The van der Waals surface area contributed by atoms with Gasteiger partial charge >= 0.3 is 6.09 Å². The van der Waals surface area contributed by atoms with Crippen molar-refractivity contribution in [1.82, 2.24) is 4.90 Å². The summed E-state index contributed by atoms with van der Waals surface area (Å²) < 4.78 is 11.2. The van der Waals surface area contributed by atoms with Crippen molar-refractivity contribution in [3.05, 3.63) is 6.08 Å². The summed E-state index contributed by atoms with van der Waals surface area (Å²) in [4.78, 5) is 24.3. The van der Waals surface area contributed by atoms with E-state index >= 15 is 0 Å². The average Bonchev–Trinajstić information content (AvgIpc) is 2.42. The summed E-state index contributed by atoms with van der Waals surface area (Å²) in [5.41, 5.74) is -1.31. The molecule has 0 saturated carbocycles. The highest BCUT2D eigenvalue weighted by Gasteiger charge is 2.49. The van der Waals surface area contributed by atoms with Gasteiger partial charge in [0.1, 0.15) is 17.3 Å². The topological polar surface area (TPSA) is 55.8 Å². The molecule has 1 amide bonds. The third-order valence-electron chi connectivity index (χ3n) is 2.96. The lowest BCUT2D eigenvalue weighted by atomic mass is 10.1. The lowest BCUT2D eigenvalue weighted by Gasteiger charge is -2.34. The van der Waals surface area contributed by atoms with E-state index in [9.17, 15) is 9.59 Å². The maximum atomic E-state index is 12.3. The molecule has 1 saturated heterocycles. The smallest absolute Gasteiger partial charge is 0.412 e. The fraction of sp³-hybridized carbons (Fsp3) is 0.786. The standard InChI is InChI=1S/C14H23NO4/c1-10-11(8-7-9-16)15(14(5,6)18-10)12(17)19-13(2,3)4/h7,10-11H,8H2,1-6H3/t10-,11-/m1/s1. The molecule has 0 aromatic carbocycles. The van der Waals surface area contributed by atoms with E-state index < -0.39 is 17.4 Å². The van der Waals surface area contributed by atoms with Gasteiger partial charge in [-0.25, -0.2) is 9.59 Å². The van der Waals surface area contributed by atoms with Crippen LogP contribution in [0.4, 0.5) is 4.79 Å². The Bertz CT molecular complexity index is 391. The van der Waals surface area contributed by atoms with E-state index in [2.05, 4.69) is 0 Å². The molecule has 1 aliphatic heterocycles. The van der Waals surface area contributed by atoms with Crippen LogP contribution >= 0.6 is 0 Å².